The minimum Gasteiger partial charge on any atom is -0.463 e. The Balaban J connectivity index is 2.04. The molecule has 4 nitrogen and oxygen atoms in total. The normalized spacial score (nSPS) is 13.4. The molecule has 0 aliphatic heterocycles. The fourth-order valence-electron chi connectivity index (χ4n) is 2.19. The third kappa shape index (κ3) is 5.11. The highest BCUT2D eigenvalue weighted by Crippen LogP contribution is 2.28. The SMILES string of the molecule is CC(C)OC(=O)CC(C)(O)c1ccc(Oc2ccccc2)cc1. The number of hydrogen-bond donors (Lipinski definition) is 1. The summed E-state index contributed by atoms with van der Waals surface area (Å²) in [6.07, 6.45) is -0.288. The maximum Gasteiger partial charge on any atom is 0.309 e. The molecular formula is C19H22O4. The van der Waals surface area contributed by atoms with Gasteiger partial charge >= 0.3 is 5.97 Å². The first-order valence-electron chi connectivity index (χ1n) is 7.62. The second kappa shape index (κ2) is 7.29. The summed E-state index contributed by atoms with van der Waals surface area (Å²) >= 11 is 0. The van der Waals surface area contributed by atoms with E-state index in [4.69, 9.17) is 9.47 Å². The van der Waals surface area contributed by atoms with Crippen LogP contribution in [0.25, 0.3) is 0 Å². The van der Waals surface area contributed by atoms with E-state index in [1.54, 1.807) is 45.0 Å². The van der Waals surface area contributed by atoms with E-state index in [0.29, 0.717) is 11.3 Å². The number of aliphatic hydroxyl groups is 1. The van der Waals surface area contributed by atoms with Gasteiger partial charge in [0.1, 0.15) is 11.5 Å². The van der Waals surface area contributed by atoms with Crippen LogP contribution in [0.15, 0.2) is 54.6 Å². The van der Waals surface area contributed by atoms with Crippen LogP contribution in [0.2, 0.25) is 0 Å². The van der Waals surface area contributed by atoms with Crippen LogP contribution in [0.3, 0.4) is 0 Å². The topological polar surface area (TPSA) is 55.8 Å². The predicted molar refractivity (Wildman–Crippen MR) is 88.4 cm³/mol. The van der Waals surface area contributed by atoms with Crippen molar-refractivity contribution in [3.63, 3.8) is 0 Å². The molecular weight excluding hydrogens is 292 g/mol. The summed E-state index contributed by atoms with van der Waals surface area (Å²) < 4.78 is 10.8. The van der Waals surface area contributed by atoms with E-state index in [1.165, 1.54) is 0 Å². The molecule has 0 bridgehead atoms. The molecule has 0 aliphatic rings. The lowest BCUT2D eigenvalue weighted by Crippen LogP contribution is -2.27. The monoisotopic (exact) mass is 314 g/mol. The zero-order chi connectivity index (χ0) is 16.9. The van der Waals surface area contributed by atoms with E-state index in [1.807, 2.05) is 30.3 Å². The van der Waals surface area contributed by atoms with Crippen molar-refractivity contribution in [2.45, 2.75) is 38.9 Å². The van der Waals surface area contributed by atoms with Crippen LogP contribution in [-0.2, 0) is 15.1 Å². The van der Waals surface area contributed by atoms with Gasteiger partial charge in [-0.3, -0.25) is 4.79 Å². The number of carbonyl (C=O) groups excluding carboxylic acids is 1. The first kappa shape index (κ1) is 17.0. The van der Waals surface area contributed by atoms with Gasteiger partial charge in [0.15, 0.2) is 0 Å². The minimum atomic E-state index is -1.28. The van der Waals surface area contributed by atoms with Crippen LogP contribution < -0.4 is 4.74 Å². The number of carbonyl (C=O) groups is 1. The Kier molecular flexibility index (Phi) is 5.40. The van der Waals surface area contributed by atoms with Crippen molar-refractivity contribution >= 4 is 5.97 Å². The molecule has 0 aliphatic carbocycles. The fraction of sp³-hybridized carbons (Fsp3) is 0.316. The highest BCUT2D eigenvalue weighted by atomic mass is 16.5. The number of esters is 1. The molecule has 0 fully saturated rings. The van der Waals surface area contributed by atoms with Gasteiger partial charge in [0.05, 0.1) is 18.1 Å². The number of ether oxygens (including phenoxy) is 2. The second-order valence-electron chi connectivity index (χ2n) is 5.93. The third-order valence-corrected chi connectivity index (χ3v) is 3.31. The molecule has 1 N–H and O–H groups in total. The maximum absolute atomic E-state index is 11.7. The van der Waals surface area contributed by atoms with Crippen LogP contribution in [0.5, 0.6) is 11.5 Å². The van der Waals surface area contributed by atoms with E-state index in [9.17, 15) is 9.90 Å². The lowest BCUT2D eigenvalue weighted by atomic mass is 9.92. The molecule has 0 saturated carbocycles. The van der Waals surface area contributed by atoms with Crippen LogP contribution in [0, 0.1) is 0 Å². The second-order valence-corrected chi connectivity index (χ2v) is 5.93. The van der Waals surface area contributed by atoms with Crippen molar-refractivity contribution in [2.75, 3.05) is 0 Å². The Morgan fingerprint density at radius 1 is 1.04 bits per heavy atom. The Labute approximate surface area is 136 Å². The van der Waals surface area contributed by atoms with Crippen LogP contribution >= 0.6 is 0 Å². The van der Waals surface area contributed by atoms with Gasteiger partial charge in [0.25, 0.3) is 0 Å². The molecule has 122 valence electrons. The average Bonchev–Trinajstić information content (AvgIpc) is 2.47. The van der Waals surface area contributed by atoms with E-state index in [-0.39, 0.29) is 12.5 Å². The molecule has 1 unspecified atom stereocenters. The van der Waals surface area contributed by atoms with Gasteiger partial charge in [0.2, 0.25) is 0 Å². The summed E-state index contributed by atoms with van der Waals surface area (Å²) in [5, 5.41) is 10.5. The van der Waals surface area contributed by atoms with Gasteiger partial charge in [-0.2, -0.15) is 0 Å². The molecule has 0 spiro atoms. The third-order valence-electron chi connectivity index (χ3n) is 3.31. The van der Waals surface area contributed by atoms with Gasteiger partial charge in [0, 0.05) is 0 Å². The summed E-state index contributed by atoms with van der Waals surface area (Å²) in [5.74, 6) is 0.989. The molecule has 4 heteroatoms. The lowest BCUT2D eigenvalue weighted by molar-refractivity contribution is -0.152. The van der Waals surface area contributed by atoms with E-state index < -0.39 is 11.6 Å². The standard InChI is InChI=1S/C19H22O4/c1-14(2)22-18(20)13-19(3,21)15-9-11-17(12-10-15)23-16-7-5-4-6-8-16/h4-12,14,21H,13H2,1-3H3. The average molecular weight is 314 g/mol. The highest BCUT2D eigenvalue weighted by Gasteiger charge is 2.28. The summed E-state index contributed by atoms with van der Waals surface area (Å²) in [6, 6.07) is 16.5. The summed E-state index contributed by atoms with van der Waals surface area (Å²) in [6.45, 7) is 5.16. The molecule has 2 rings (SSSR count). The predicted octanol–water partition coefficient (Wildman–Crippen LogP) is 4.03. The van der Waals surface area contributed by atoms with Crippen molar-refractivity contribution in [3.05, 3.63) is 60.2 Å². The summed E-state index contributed by atoms with van der Waals surface area (Å²) in [4.78, 5) is 11.7. The number of para-hydroxylation sites is 1. The van der Waals surface area contributed by atoms with E-state index >= 15 is 0 Å². The Hall–Kier alpha value is -2.33. The number of rotatable bonds is 6. The van der Waals surface area contributed by atoms with Crippen molar-refractivity contribution in [2.24, 2.45) is 0 Å². The quantitative estimate of drug-likeness (QED) is 0.818. The van der Waals surface area contributed by atoms with Crippen molar-refractivity contribution < 1.29 is 19.4 Å². The van der Waals surface area contributed by atoms with Gasteiger partial charge in [-0.1, -0.05) is 30.3 Å². The highest BCUT2D eigenvalue weighted by molar-refractivity contribution is 5.71. The summed E-state index contributed by atoms with van der Waals surface area (Å²) in [5.41, 5.74) is -0.643. The summed E-state index contributed by atoms with van der Waals surface area (Å²) in [7, 11) is 0. The van der Waals surface area contributed by atoms with Crippen LogP contribution in [-0.4, -0.2) is 17.2 Å². The van der Waals surface area contributed by atoms with E-state index in [0.717, 1.165) is 5.75 Å². The Morgan fingerprint density at radius 3 is 2.17 bits per heavy atom. The molecule has 1 atom stereocenters. The minimum absolute atomic E-state index is 0.0932. The van der Waals surface area contributed by atoms with Gasteiger partial charge < -0.3 is 14.6 Å². The zero-order valence-corrected chi connectivity index (χ0v) is 13.7. The van der Waals surface area contributed by atoms with Gasteiger partial charge in [-0.15, -0.1) is 0 Å². The van der Waals surface area contributed by atoms with Crippen molar-refractivity contribution in [3.8, 4) is 11.5 Å². The first-order chi connectivity index (χ1) is 10.9. The largest absolute Gasteiger partial charge is 0.463 e. The van der Waals surface area contributed by atoms with Crippen molar-refractivity contribution in [1.29, 1.82) is 0 Å². The Bertz CT molecular complexity index is 630. The van der Waals surface area contributed by atoms with Crippen LogP contribution in [0.1, 0.15) is 32.8 Å². The molecule has 0 heterocycles. The first-order valence-corrected chi connectivity index (χ1v) is 7.62. The van der Waals surface area contributed by atoms with Crippen molar-refractivity contribution in [1.82, 2.24) is 0 Å². The van der Waals surface area contributed by atoms with Gasteiger partial charge in [-0.05, 0) is 50.6 Å². The Morgan fingerprint density at radius 2 is 1.61 bits per heavy atom. The van der Waals surface area contributed by atoms with Crippen LogP contribution in [0.4, 0.5) is 0 Å². The number of hydrogen-bond acceptors (Lipinski definition) is 4. The molecule has 23 heavy (non-hydrogen) atoms. The molecule has 0 radical (unpaired) electrons. The zero-order valence-electron chi connectivity index (χ0n) is 13.7. The lowest BCUT2D eigenvalue weighted by Gasteiger charge is -2.23. The fourth-order valence-corrected chi connectivity index (χ4v) is 2.19. The smallest absolute Gasteiger partial charge is 0.309 e. The molecule has 0 amide bonds. The van der Waals surface area contributed by atoms with E-state index in [2.05, 4.69) is 0 Å². The molecule has 0 saturated heterocycles. The number of benzene rings is 2. The maximum atomic E-state index is 11.7. The molecule has 2 aromatic carbocycles. The molecule has 0 aromatic heterocycles. The molecule has 2 aromatic rings. The van der Waals surface area contributed by atoms with Gasteiger partial charge in [-0.25, -0.2) is 0 Å².